The van der Waals surface area contributed by atoms with Gasteiger partial charge in [-0.05, 0) is 37.8 Å². The van der Waals surface area contributed by atoms with Crippen LogP contribution in [0.3, 0.4) is 0 Å². The molecule has 1 saturated heterocycles. The van der Waals surface area contributed by atoms with Crippen molar-refractivity contribution in [1.29, 1.82) is 0 Å². The van der Waals surface area contributed by atoms with Crippen LogP contribution in [0, 0.1) is 0 Å². The summed E-state index contributed by atoms with van der Waals surface area (Å²) >= 11 is 6.69. The molecule has 0 aliphatic carbocycles. The minimum absolute atomic E-state index is 0.209. The van der Waals surface area contributed by atoms with Crippen LogP contribution in [0.15, 0.2) is 0 Å². The number of likely N-dealkylation sites (tertiary alicyclic amines) is 1. The van der Waals surface area contributed by atoms with Crippen LogP contribution in [-0.4, -0.2) is 46.2 Å². The predicted molar refractivity (Wildman–Crippen MR) is 70.2 cm³/mol. The van der Waals surface area contributed by atoms with Gasteiger partial charge < -0.3 is 9.64 Å². The molecule has 6 nitrogen and oxygen atoms in total. The van der Waals surface area contributed by atoms with Crippen LogP contribution in [-0.2, 0) is 9.53 Å². The maximum Gasteiger partial charge on any atom is 0.328 e. The van der Waals surface area contributed by atoms with Crippen LogP contribution in [0.4, 0.5) is 0 Å². The average molecular weight is 304 g/mol. The second-order valence-electron chi connectivity index (χ2n) is 4.12. The smallest absolute Gasteiger partial charge is 0.328 e. The molecule has 19 heavy (non-hydrogen) atoms. The summed E-state index contributed by atoms with van der Waals surface area (Å²) in [6.07, 6.45) is 2.40. The van der Waals surface area contributed by atoms with Gasteiger partial charge in [0.2, 0.25) is 9.47 Å². The molecule has 0 spiro atoms. The fraction of sp³-hybridized carbons (Fsp3) is 0.636. The lowest BCUT2D eigenvalue weighted by Gasteiger charge is -2.33. The van der Waals surface area contributed by atoms with Gasteiger partial charge in [0.25, 0.3) is 5.91 Å². The first-order valence-corrected chi connectivity index (χ1v) is 7.29. The molecule has 104 valence electrons. The Labute approximate surface area is 119 Å². The third-order valence-electron chi connectivity index (χ3n) is 2.91. The molecular formula is C11H14ClN3O3S. The summed E-state index contributed by atoms with van der Waals surface area (Å²) in [5, 5.41) is 7.54. The van der Waals surface area contributed by atoms with Gasteiger partial charge in [-0.2, -0.15) is 0 Å². The minimum atomic E-state index is -0.524. The van der Waals surface area contributed by atoms with Crippen molar-refractivity contribution in [3.63, 3.8) is 0 Å². The van der Waals surface area contributed by atoms with E-state index in [9.17, 15) is 9.59 Å². The van der Waals surface area contributed by atoms with Crippen molar-refractivity contribution in [2.24, 2.45) is 0 Å². The lowest BCUT2D eigenvalue weighted by Crippen LogP contribution is -2.48. The van der Waals surface area contributed by atoms with Crippen molar-refractivity contribution in [3.05, 3.63) is 9.47 Å². The predicted octanol–water partition coefficient (Wildman–Crippen LogP) is 1.75. The fourth-order valence-electron chi connectivity index (χ4n) is 2.07. The highest BCUT2D eigenvalue weighted by atomic mass is 35.5. The summed E-state index contributed by atoms with van der Waals surface area (Å²) in [6.45, 7) is 2.58. The van der Waals surface area contributed by atoms with Crippen LogP contribution >= 0.6 is 22.9 Å². The molecule has 1 fully saturated rings. The topological polar surface area (TPSA) is 72.4 Å². The van der Waals surface area contributed by atoms with E-state index >= 15 is 0 Å². The van der Waals surface area contributed by atoms with E-state index in [0.717, 1.165) is 24.2 Å². The summed E-state index contributed by atoms with van der Waals surface area (Å²) in [5.41, 5.74) is 0. The largest absolute Gasteiger partial charge is 0.464 e. The maximum atomic E-state index is 12.3. The Kier molecular flexibility index (Phi) is 4.71. The highest BCUT2D eigenvalue weighted by Crippen LogP contribution is 2.23. The molecule has 0 radical (unpaired) electrons. The highest BCUT2D eigenvalue weighted by Gasteiger charge is 2.34. The number of hydrogen-bond acceptors (Lipinski definition) is 6. The van der Waals surface area contributed by atoms with Gasteiger partial charge in [-0.3, -0.25) is 4.79 Å². The molecule has 0 bridgehead atoms. The lowest BCUT2D eigenvalue weighted by atomic mass is 10.0. The first-order valence-electron chi connectivity index (χ1n) is 6.10. The number of aromatic nitrogens is 2. The molecule has 0 saturated carbocycles. The first kappa shape index (κ1) is 14.2. The number of piperidine rings is 1. The zero-order chi connectivity index (χ0) is 13.8. The van der Waals surface area contributed by atoms with Gasteiger partial charge in [0.15, 0.2) is 0 Å². The monoisotopic (exact) mass is 303 g/mol. The van der Waals surface area contributed by atoms with E-state index in [1.165, 1.54) is 4.90 Å². The molecule has 0 N–H and O–H groups in total. The van der Waals surface area contributed by atoms with Crippen molar-refractivity contribution in [3.8, 4) is 0 Å². The van der Waals surface area contributed by atoms with Crippen molar-refractivity contribution in [1.82, 2.24) is 15.1 Å². The van der Waals surface area contributed by atoms with Crippen LogP contribution in [0.5, 0.6) is 0 Å². The number of hydrogen-bond donors (Lipinski definition) is 0. The van der Waals surface area contributed by atoms with Crippen molar-refractivity contribution < 1.29 is 14.3 Å². The van der Waals surface area contributed by atoms with Gasteiger partial charge in [0, 0.05) is 6.54 Å². The molecule has 1 atom stereocenters. The molecular weight excluding hydrogens is 290 g/mol. The molecule has 0 aromatic carbocycles. The minimum Gasteiger partial charge on any atom is -0.464 e. The number of carbonyl (C=O) groups excluding carboxylic acids is 2. The molecule has 1 aromatic heterocycles. The van der Waals surface area contributed by atoms with E-state index in [1.54, 1.807) is 6.92 Å². The number of amides is 1. The van der Waals surface area contributed by atoms with Gasteiger partial charge >= 0.3 is 5.97 Å². The van der Waals surface area contributed by atoms with Gasteiger partial charge in [0.05, 0.1) is 6.61 Å². The summed E-state index contributed by atoms with van der Waals surface area (Å²) in [4.78, 5) is 25.7. The Balaban J connectivity index is 2.15. The number of halogens is 1. The number of ether oxygens (including phenoxy) is 1. The van der Waals surface area contributed by atoms with E-state index in [4.69, 9.17) is 16.3 Å². The van der Waals surface area contributed by atoms with Gasteiger partial charge in [0.1, 0.15) is 6.04 Å². The number of carbonyl (C=O) groups is 2. The van der Waals surface area contributed by atoms with Crippen LogP contribution < -0.4 is 0 Å². The van der Waals surface area contributed by atoms with Crippen molar-refractivity contribution in [2.45, 2.75) is 32.2 Å². The van der Waals surface area contributed by atoms with Crippen molar-refractivity contribution in [2.75, 3.05) is 13.2 Å². The Morgan fingerprint density at radius 2 is 2.26 bits per heavy atom. The van der Waals surface area contributed by atoms with Crippen molar-refractivity contribution >= 4 is 34.8 Å². The summed E-state index contributed by atoms with van der Waals surface area (Å²) in [7, 11) is 0. The normalized spacial score (nSPS) is 19.3. The molecule has 1 amide bonds. The first-order chi connectivity index (χ1) is 9.13. The number of rotatable bonds is 3. The van der Waals surface area contributed by atoms with E-state index in [1.807, 2.05) is 0 Å². The molecule has 8 heteroatoms. The van der Waals surface area contributed by atoms with E-state index in [2.05, 4.69) is 10.2 Å². The van der Waals surface area contributed by atoms with E-state index in [0.29, 0.717) is 19.6 Å². The quantitative estimate of drug-likeness (QED) is 0.795. The molecule has 2 heterocycles. The Morgan fingerprint density at radius 3 is 2.89 bits per heavy atom. The highest BCUT2D eigenvalue weighted by molar-refractivity contribution is 7.17. The Hall–Kier alpha value is -1.21. The third kappa shape index (κ3) is 3.22. The zero-order valence-electron chi connectivity index (χ0n) is 10.5. The fourth-order valence-corrected chi connectivity index (χ4v) is 2.86. The average Bonchev–Trinajstić information content (AvgIpc) is 2.85. The molecule has 1 aliphatic rings. The van der Waals surface area contributed by atoms with Gasteiger partial charge in [-0.1, -0.05) is 11.3 Å². The van der Waals surface area contributed by atoms with Gasteiger partial charge in [-0.25, -0.2) is 4.79 Å². The van der Waals surface area contributed by atoms with Crippen LogP contribution in [0.25, 0.3) is 0 Å². The van der Waals surface area contributed by atoms with Crippen LogP contribution in [0.2, 0.25) is 4.47 Å². The maximum absolute atomic E-state index is 12.3. The summed E-state index contributed by atoms with van der Waals surface area (Å²) in [5.74, 6) is -0.659. The summed E-state index contributed by atoms with van der Waals surface area (Å²) in [6, 6.07) is -0.524. The third-order valence-corrected chi connectivity index (χ3v) is 3.91. The van der Waals surface area contributed by atoms with E-state index in [-0.39, 0.29) is 21.4 Å². The Bertz CT molecular complexity index is 480. The van der Waals surface area contributed by atoms with E-state index < -0.39 is 6.04 Å². The molecule has 1 aliphatic heterocycles. The standard InChI is InChI=1S/C11H14ClN3O3S/c1-2-18-10(17)7-5-3-4-6-15(7)9(16)8-13-14-11(12)19-8/h7H,2-6H2,1H3. The summed E-state index contributed by atoms with van der Waals surface area (Å²) < 4.78 is 5.23. The molecule has 2 rings (SSSR count). The van der Waals surface area contributed by atoms with Gasteiger partial charge in [-0.15, -0.1) is 10.2 Å². The lowest BCUT2D eigenvalue weighted by molar-refractivity contribution is -0.149. The number of nitrogens with zero attached hydrogens (tertiary/aromatic N) is 3. The molecule has 1 aromatic rings. The number of esters is 1. The second-order valence-corrected chi connectivity index (χ2v) is 5.68. The Morgan fingerprint density at radius 1 is 1.47 bits per heavy atom. The molecule has 1 unspecified atom stereocenters. The second kappa shape index (κ2) is 6.29. The SMILES string of the molecule is CCOC(=O)C1CCCCN1C(=O)c1nnc(Cl)s1. The zero-order valence-corrected chi connectivity index (χ0v) is 12.0. The van der Waals surface area contributed by atoms with Crippen LogP contribution in [0.1, 0.15) is 36.0 Å².